The first kappa shape index (κ1) is 20.2. The first-order valence-electron chi connectivity index (χ1n) is 8.54. The number of esters is 1. The molecule has 1 aromatic rings. The van der Waals surface area contributed by atoms with E-state index < -0.39 is 26.7 Å². The van der Waals surface area contributed by atoms with Gasteiger partial charge in [-0.3, -0.25) is 4.79 Å². The summed E-state index contributed by atoms with van der Waals surface area (Å²) in [5.74, 6) is -0.754. The van der Waals surface area contributed by atoms with E-state index in [2.05, 4.69) is 5.16 Å². The average molecular weight is 379 g/mol. The van der Waals surface area contributed by atoms with E-state index in [1.54, 1.807) is 6.92 Å². The number of carbonyl (C=O) groups excluding carboxylic acids is 1. The Morgan fingerprint density at radius 2 is 2.04 bits per heavy atom. The zero-order valence-corrected chi connectivity index (χ0v) is 16.4. The maximum atomic E-state index is 12.2. The van der Waals surface area contributed by atoms with Crippen LogP contribution in [-0.4, -0.2) is 43.8 Å². The first-order chi connectivity index (χ1) is 12.2. The number of hydrogen-bond acceptors (Lipinski definition) is 6. The minimum absolute atomic E-state index is 0.00563. The molecule has 0 bridgehead atoms. The Hall–Kier alpha value is -2.15. The van der Waals surface area contributed by atoms with Gasteiger partial charge in [-0.1, -0.05) is 41.6 Å². The zero-order chi connectivity index (χ0) is 19.4. The lowest BCUT2D eigenvalue weighted by Gasteiger charge is -2.27. The van der Waals surface area contributed by atoms with Crippen LogP contribution in [0.4, 0.5) is 0 Å². The average Bonchev–Trinajstić information content (AvgIpc) is 3.03. The van der Waals surface area contributed by atoms with Crippen molar-refractivity contribution in [3.8, 4) is 0 Å². The van der Waals surface area contributed by atoms with Crippen LogP contribution < -0.4 is 0 Å². The molecule has 0 saturated carbocycles. The molecule has 2 atom stereocenters. The second kappa shape index (κ2) is 8.03. The summed E-state index contributed by atoms with van der Waals surface area (Å²) in [7, 11) is -3.68. The maximum absolute atomic E-state index is 12.2. The summed E-state index contributed by atoms with van der Waals surface area (Å²) in [6.45, 7) is 5.10. The lowest BCUT2D eigenvalue weighted by atomic mass is 9.96. The molecule has 0 N–H and O–H groups in total. The highest BCUT2D eigenvalue weighted by Crippen LogP contribution is 2.30. The van der Waals surface area contributed by atoms with Crippen LogP contribution in [-0.2, 0) is 24.2 Å². The maximum Gasteiger partial charge on any atom is 0.327 e. The molecule has 0 radical (unpaired) electrons. The summed E-state index contributed by atoms with van der Waals surface area (Å²) in [5.41, 5.74) is 2.74. The second-order valence-electron chi connectivity index (χ2n) is 6.52. The standard InChI is InChI=1S/C19H25NO5S/c1-5-7-14-8-10-15(11-9-14)17-12-16(25-20-17)13-19(3,26(4,22)23)18(21)24-6-2/h5,7-11,16H,6,12-13H2,1-4H3/b7-5+/t16?,19-/m1/s1. The molecule has 6 nitrogen and oxygen atoms in total. The third-order valence-corrected chi connectivity index (χ3v) is 6.45. The van der Waals surface area contributed by atoms with Crippen LogP contribution in [0.5, 0.6) is 0 Å². The molecule has 0 saturated heterocycles. The Kier molecular flexibility index (Phi) is 6.23. The van der Waals surface area contributed by atoms with Gasteiger partial charge in [0.15, 0.2) is 14.6 Å². The molecular formula is C19H25NO5S. The number of ether oxygens (including phenoxy) is 1. The summed E-state index contributed by atoms with van der Waals surface area (Å²) >= 11 is 0. The molecule has 1 unspecified atom stereocenters. The summed E-state index contributed by atoms with van der Waals surface area (Å²) in [6.07, 6.45) is 4.94. The van der Waals surface area contributed by atoms with Gasteiger partial charge in [-0.25, -0.2) is 8.42 Å². The van der Waals surface area contributed by atoms with Gasteiger partial charge in [0.1, 0.15) is 6.10 Å². The zero-order valence-electron chi connectivity index (χ0n) is 15.6. The molecule has 0 aromatic heterocycles. The third kappa shape index (κ3) is 4.33. The second-order valence-corrected chi connectivity index (χ2v) is 8.96. The highest BCUT2D eigenvalue weighted by Gasteiger charge is 2.48. The van der Waals surface area contributed by atoms with Crippen LogP contribution in [0.2, 0.25) is 0 Å². The number of hydrogen-bond donors (Lipinski definition) is 0. The Morgan fingerprint density at radius 1 is 1.38 bits per heavy atom. The Balaban J connectivity index is 2.12. The van der Waals surface area contributed by atoms with Crippen LogP contribution in [0.25, 0.3) is 6.08 Å². The van der Waals surface area contributed by atoms with E-state index in [1.807, 2.05) is 43.3 Å². The van der Waals surface area contributed by atoms with E-state index in [1.165, 1.54) is 6.92 Å². The van der Waals surface area contributed by atoms with Crippen molar-refractivity contribution in [2.75, 3.05) is 12.9 Å². The molecule has 142 valence electrons. The molecule has 1 heterocycles. The number of carbonyl (C=O) groups is 1. The van der Waals surface area contributed by atoms with Crippen molar-refractivity contribution in [2.24, 2.45) is 5.16 Å². The number of oxime groups is 1. The number of benzene rings is 1. The van der Waals surface area contributed by atoms with Gasteiger partial charge in [-0.15, -0.1) is 0 Å². The van der Waals surface area contributed by atoms with Crippen molar-refractivity contribution in [1.29, 1.82) is 0 Å². The fourth-order valence-corrected chi connectivity index (χ4v) is 3.64. The van der Waals surface area contributed by atoms with E-state index in [0.717, 1.165) is 23.1 Å². The summed E-state index contributed by atoms with van der Waals surface area (Å²) in [6, 6.07) is 7.84. The summed E-state index contributed by atoms with van der Waals surface area (Å²) in [4.78, 5) is 17.7. The Morgan fingerprint density at radius 3 is 2.58 bits per heavy atom. The molecular weight excluding hydrogens is 354 g/mol. The molecule has 26 heavy (non-hydrogen) atoms. The molecule has 0 spiro atoms. The van der Waals surface area contributed by atoms with Crippen LogP contribution in [0.3, 0.4) is 0 Å². The van der Waals surface area contributed by atoms with Gasteiger partial charge in [-0.2, -0.15) is 0 Å². The molecule has 0 amide bonds. The largest absolute Gasteiger partial charge is 0.465 e. The minimum Gasteiger partial charge on any atom is -0.465 e. The monoisotopic (exact) mass is 379 g/mol. The molecule has 1 aliphatic heterocycles. The Bertz CT molecular complexity index is 811. The summed E-state index contributed by atoms with van der Waals surface area (Å²) < 4.78 is 27.7. The first-order valence-corrected chi connectivity index (χ1v) is 10.4. The normalized spacial score (nSPS) is 19.7. The molecule has 2 rings (SSSR count). The molecule has 0 aliphatic carbocycles. The third-order valence-electron chi connectivity index (χ3n) is 4.48. The lowest BCUT2D eigenvalue weighted by Crippen LogP contribution is -2.47. The van der Waals surface area contributed by atoms with Crippen molar-refractivity contribution in [3.63, 3.8) is 0 Å². The van der Waals surface area contributed by atoms with E-state index in [0.29, 0.717) is 6.42 Å². The van der Waals surface area contributed by atoms with Crippen LogP contribution in [0.1, 0.15) is 44.7 Å². The van der Waals surface area contributed by atoms with Gasteiger partial charge in [0.05, 0.1) is 12.3 Å². The molecule has 1 aromatic carbocycles. The van der Waals surface area contributed by atoms with Gasteiger partial charge >= 0.3 is 5.97 Å². The lowest BCUT2D eigenvalue weighted by molar-refractivity contribution is -0.146. The SMILES string of the molecule is C/C=C/c1ccc(C2=NOC(C[C@](C)(C(=O)OCC)S(C)(=O)=O)C2)cc1. The van der Waals surface area contributed by atoms with Crippen molar-refractivity contribution in [2.45, 2.75) is 44.5 Å². The van der Waals surface area contributed by atoms with Crippen molar-refractivity contribution in [3.05, 3.63) is 41.5 Å². The topological polar surface area (TPSA) is 82.0 Å². The fourth-order valence-electron chi connectivity index (χ4n) is 2.79. The van der Waals surface area contributed by atoms with Crippen molar-refractivity contribution >= 4 is 27.6 Å². The predicted molar refractivity (Wildman–Crippen MR) is 102 cm³/mol. The number of rotatable bonds is 7. The predicted octanol–water partition coefficient (Wildman–Crippen LogP) is 2.97. The van der Waals surface area contributed by atoms with E-state index in [-0.39, 0.29) is 13.0 Å². The van der Waals surface area contributed by atoms with Gasteiger partial charge in [0, 0.05) is 19.1 Å². The van der Waals surface area contributed by atoms with E-state index >= 15 is 0 Å². The van der Waals surface area contributed by atoms with Gasteiger partial charge in [0.25, 0.3) is 0 Å². The number of allylic oxidation sites excluding steroid dienone is 1. The van der Waals surface area contributed by atoms with Crippen LogP contribution in [0.15, 0.2) is 35.5 Å². The highest BCUT2D eigenvalue weighted by molar-refractivity contribution is 7.92. The van der Waals surface area contributed by atoms with Gasteiger partial charge in [-0.05, 0) is 31.9 Å². The Labute approximate surface area is 154 Å². The number of nitrogens with zero attached hydrogens (tertiary/aromatic N) is 1. The van der Waals surface area contributed by atoms with E-state index in [4.69, 9.17) is 9.57 Å². The van der Waals surface area contributed by atoms with Crippen LogP contribution >= 0.6 is 0 Å². The van der Waals surface area contributed by atoms with E-state index in [9.17, 15) is 13.2 Å². The molecule has 1 aliphatic rings. The van der Waals surface area contributed by atoms with Crippen molar-refractivity contribution in [1.82, 2.24) is 0 Å². The van der Waals surface area contributed by atoms with Gasteiger partial charge < -0.3 is 9.57 Å². The summed E-state index contributed by atoms with van der Waals surface area (Å²) in [5, 5.41) is 4.09. The van der Waals surface area contributed by atoms with Crippen LogP contribution in [0, 0.1) is 0 Å². The molecule has 0 fully saturated rings. The highest BCUT2D eigenvalue weighted by atomic mass is 32.2. The smallest absolute Gasteiger partial charge is 0.327 e. The fraction of sp³-hybridized carbons (Fsp3) is 0.474. The molecule has 7 heteroatoms. The quantitative estimate of drug-likeness (QED) is 0.680. The minimum atomic E-state index is -3.68. The van der Waals surface area contributed by atoms with Crippen molar-refractivity contribution < 1.29 is 22.8 Å². The number of sulfone groups is 1. The van der Waals surface area contributed by atoms with Gasteiger partial charge in [0.2, 0.25) is 0 Å².